The fourth-order valence-electron chi connectivity index (χ4n) is 3.30. The number of hydrogen-bond donors (Lipinski definition) is 1. The number of carboxylic acids is 1. The van der Waals surface area contributed by atoms with Gasteiger partial charge in [0.15, 0.2) is 0 Å². The lowest BCUT2D eigenvalue weighted by atomic mass is 10.0. The van der Waals surface area contributed by atoms with E-state index in [9.17, 15) is 19.5 Å². The van der Waals surface area contributed by atoms with Crippen LogP contribution in [0.3, 0.4) is 0 Å². The third-order valence-corrected chi connectivity index (χ3v) is 5.01. The molecule has 30 heavy (non-hydrogen) atoms. The molecule has 0 aliphatic carbocycles. The Bertz CT molecular complexity index is 1230. The van der Waals surface area contributed by atoms with Crippen LogP contribution in [0.5, 0.6) is 0 Å². The zero-order valence-corrected chi connectivity index (χ0v) is 16.5. The first-order valence-electron chi connectivity index (χ1n) is 8.98. The number of nitrogens with zero attached hydrogens (tertiary/aromatic N) is 2. The van der Waals surface area contributed by atoms with E-state index in [1.807, 2.05) is 0 Å². The fourth-order valence-corrected chi connectivity index (χ4v) is 3.49. The first-order valence-corrected chi connectivity index (χ1v) is 9.36. The first kappa shape index (κ1) is 19.6. The van der Waals surface area contributed by atoms with Gasteiger partial charge in [-0.05, 0) is 48.9 Å². The van der Waals surface area contributed by atoms with Crippen LogP contribution in [0.4, 0.5) is 10.5 Å². The van der Waals surface area contributed by atoms with Gasteiger partial charge in [-0.25, -0.2) is 14.5 Å². The molecule has 1 aromatic heterocycles. The van der Waals surface area contributed by atoms with Crippen LogP contribution in [0.2, 0.25) is 5.02 Å². The maximum Gasteiger partial charge on any atom is 0.355 e. The highest BCUT2D eigenvalue weighted by Gasteiger charge is 2.35. The Morgan fingerprint density at radius 2 is 1.90 bits per heavy atom. The molecule has 0 bridgehead atoms. The molecule has 150 valence electrons. The number of benzene rings is 2. The summed E-state index contributed by atoms with van der Waals surface area (Å²) in [6.07, 6.45) is 0.0271. The average Bonchev–Trinajstić information content (AvgIpc) is 3.26. The molecular formula is C22H15ClN2O5. The molecule has 0 fully saturated rings. The van der Waals surface area contributed by atoms with E-state index in [1.54, 1.807) is 49.4 Å². The summed E-state index contributed by atoms with van der Waals surface area (Å²) in [6.45, 7) is 1.70. The number of imide groups is 1. The molecule has 4 rings (SSSR count). The second kappa shape index (κ2) is 7.61. The minimum Gasteiger partial charge on any atom is -0.478 e. The summed E-state index contributed by atoms with van der Waals surface area (Å²) in [5.41, 5.74) is 1.79. The number of amides is 3. The summed E-state index contributed by atoms with van der Waals surface area (Å²) in [7, 11) is 0. The maximum atomic E-state index is 12.7. The van der Waals surface area contributed by atoms with Crippen LogP contribution in [0, 0.1) is 6.92 Å². The quantitative estimate of drug-likeness (QED) is 0.639. The van der Waals surface area contributed by atoms with Crippen LogP contribution < -0.4 is 4.90 Å². The van der Waals surface area contributed by atoms with E-state index in [-0.39, 0.29) is 17.7 Å². The molecule has 0 saturated carbocycles. The van der Waals surface area contributed by atoms with Crippen molar-refractivity contribution in [2.75, 3.05) is 4.90 Å². The first-order chi connectivity index (χ1) is 14.3. The Morgan fingerprint density at radius 3 is 2.63 bits per heavy atom. The molecule has 8 heteroatoms. The zero-order chi connectivity index (χ0) is 21.4. The Labute approximate surface area is 176 Å². The minimum absolute atomic E-state index is 0.0271. The van der Waals surface area contributed by atoms with Crippen molar-refractivity contribution in [1.82, 2.24) is 0 Å². The van der Waals surface area contributed by atoms with Gasteiger partial charge in [-0.1, -0.05) is 29.8 Å². The van der Waals surface area contributed by atoms with Crippen molar-refractivity contribution in [3.05, 3.63) is 76.5 Å². The molecule has 7 nitrogen and oxygen atoms in total. The molecule has 3 aromatic rings. The molecular weight excluding hydrogens is 408 g/mol. The Morgan fingerprint density at radius 1 is 1.13 bits per heavy atom. The van der Waals surface area contributed by atoms with Gasteiger partial charge in [0.2, 0.25) is 0 Å². The van der Waals surface area contributed by atoms with E-state index in [0.717, 1.165) is 4.90 Å². The molecule has 1 N–H and O–H groups in total. The van der Waals surface area contributed by atoms with Gasteiger partial charge in [0.05, 0.1) is 17.7 Å². The number of carbonyl (C=O) groups excluding carboxylic acids is 2. The predicted molar refractivity (Wildman–Crippen MR) is 111 cm³/mol. The molecule has 0 saturated heterocycles. The van der Waals surface area contributed by atoms with E-state index in [1.165, 1.54) is 12.1 Å². The van der Waals surface area contributed by atoms with E-state index in [2.05, 4.69) is 4.99 Å². The summed E-state index contributed by atoms with van der Waals surface area (Å²) >= 11 is 5.95. The molecule has 1 aliphatic rings. The molecule has 1 aliphatic heterocycles. The summed E-state index contributed by atoms with van der Waals surface area (Å²) < 4.78 is 5.81. The number of rotatable bonds is 5. The van der Waals surface area contributed by atoms with Crippen LogP contribution in [0.15, 0.2) is 64.0 Å². The van der Waals surface area contributed by atoms with Gasteiger partial charge in [0, 0.05) is 10.6 Å². The van der Waals surface area contributed by atoms with Crippen molar-refractivity contribution in [2.24, 2.45) is 4.99 Å². The van der Waals surface area contributed by atoms with Gasteiger partial charge < -0.3 is 9.52 Å². The number of hydrogen-bond acceptors (Lipinski definition) is 4. The number of furan rings is 1. The molecule has 0 radical (unpaired) electrons. The highest BCUT2D eigenvalue weighted by Crippen LogP contribution is 2.29. The lowest BCUT2D eigenvalue weighted by Crippen LogP contribution is -2.33. The maximum absolute atomic E-state index is 12.7. The number of halogens is 1. The van der Waals surface area contributed by atoms with E-state index in [4.69, 9.17) is 16.0 Å². The van der Waals surface area contributed by atoms with Gasteiger partial charge >= 0.3 is 12.0 Å². The largest absolute Gasteiger partial charge is 0.478 e. The van der Waals surface area contributed by atoms with Crippen LogP contribution in [0.1, 0.15) is 21.7 Å². The number of anilines is 1. The normalized spacial score (nSPS) is 13.7. The molecule has 2 heterocycles. The zero-order valence-electron chi connectivity index (χ0n) is 15.8. The highest BCUT2D eigenvalue weighted by molar-refractivity contribution is 6.54. The van der Waals surface area contributed by atoms with Crippen molar-refractivity contribution in [1.29, 1.82) is 0 Å². The van der Waals surface area contributed by atoms with Crippen LogP contribution in [0.25, 0.3) is 11.3 Å². The fraction of sp³-hybridized carbons (Fsp3) is 0.0909. The third kappa shape index (κ3) is 3.51. The third-order valence-electron chi connectivity index (χ3n) is 4.77. The number of aromatic carboxylic acids is 1. The van der Waals surface area contributed by atoms with Crippen molar-refractivity contribution in [2.45, 2.75) is 13.3 Å². The van der Waals surface area contributed by atoms with Gasteiger partial charge in [-0.2, -0.15) is 4.99 Å². The topological polar surface area (TPSA) is 100 Å². The second-order valence-electron chi connectivity index (χ2n) is 6.69. The van der Waals surface area contributed by atoms with Crippen LogP contribution in [-0.2, 0) is 11.2 Å². The van der Waals surface area contributed by atoms with Gasteiger partial charge in [-0.3, -0.25) is 4.79 Å². The second-order valence-corrected chi connectivity index (χ2v) is 7.12. The van der Waals surface area contributed by atoms with Crippen molar-refractivity contribution in [3.8, 4) is 11.3 Å². The predicted octanol–water partition coefficient (Wildman–Crippen LogP) is 4.76. The van der Waals surface area contributed by atoms with Gasteiger partial charge in [0.25, 0.3) is 5.91 Å². The van der Waals surface area contributed by atoms with Crippen LogP contribution in [-0.4, -0.2) is 28.7 Å². The summed E-state index contributed by atoms with van der Waals surface area (Å²) in [5, 5.41) is 9.69. The number of carbonyl (C=O) groups is 3. The Balaban J connectivity index is 1.57. The van der Waals surface area contributed by atoms with E-state index < -0.39 is 17.9 Å². The van der Waals surface area contributed by atoms with Gasteiger partial charge in [-0.15, -0.1) is 0 Å². The summed E-state index contributed by atoms with van der Waals surface area (Å²) in [5.74, 6) is -0.663. The lowest BCUT2D eigenvalue weighted by molar-refractivity contribution is -0.111. The number of urea groups is 1. The molecule has 3 amide bonds. The minimum atomic E-state index is -1.02. The standard InChI is InChI=1S/C22H15ClN2O5/c1-12-16(6-3-7-17(12)21(27)28)19-9-8-15(30-19)11-18-20(26)25(22(29)24-18)14-5-2-4-13(23)10-14/h2-10H,11H2,1H3,(H,27,28). The van der Waals surface area contributed by atoms with Crippen molar-refractivity contribution < 1.29 is 23.9 Å². The average molecular weight is 423 g/mol. The summed E-state index contributed by atoms with van der Waals surface area (Å²) in [6, 6.07) is 14.0. The molecule has 2 aromatic carbocycles. The highest BCUT2D eigenvalue weighted by atomic mass is 35.5. The SMILES string of the molecule is Cc1c(C(=O)O)cccc1-c1ccc(CC2=NC(=O)N(c3cccc(Cl)c3)C2=O)o1. The number of carboxylic acid groups (broad SMARTS) is 1. The molecule has 0 unspecified atom stereocenters. The Kier molecular flexibility index (Phi) is 4.97. The monoisotopic (exact) mass is 422 g/mol. The number of aliphatic imine (C=N–C) groups is 1. The van der Waals surface area contributed by atoms with Crippen molar-refractivity contribution in [3.63, 3.8) is 0 Å². The van der Waals surface area contributed by atoms with Crippen molar-refractivity contribution >= 4 is 40.9 Å². The lowest BCUT2D eigenvalue weighted by Gasteiger charge is -2.12. The molecule has 0 atom stereocenters. The van der Waals surface area contributed by atoms with Crippen LogP contribution >= 0.6 is 11.6 Å². The summed E-state index contributed by atoms with van der Waals surface area (Å²) in [4.78, 5) is 41.1. The smallest absolute Gasteiger partial charge is 0.355 e. The van der Waals surface area contributed by atoms with Gasteiger partial charge in [0.1, 0.15) is 17.2 Å². The van der Waals surface area contributed by atoms with E-state index in [0.29, 0.717) is 33.4 Å². The Hall–Kier alpha value is -3.71. The molecule has 0 spiro atoms. The van der Waals surface area contributed by atoms with E-state index >= 15 is 0 Å².